The van der Waals surface area contributed by atoms with Crippen LogP contribution in [0.3, 0.4) is 0 Å². The van der Waals surface area contributed by atoms with Crippen LogP contribution in [0.15, 0.2) is 36.9 Å². The third-order valence-electron chi connectivity index (χ3n) is 7.30. The normalized spacial score (nSPS) is 24.2. The van der Waals surface area contributed by atoms with Crippen LogP contribution in [-0.2, 0) is 29.2 Å². The van der Waals surface area contributed by atoms with Gasteiger partial charge in [-0.15, -0.1) is 6.58 Å². The van der Waals surface area contributed by atoms with Crippen LogP contribution < -0.4 is 0 Å². The number of hydrogen-bond acceptors (Lipinski definition) is 7. The maximum absolute atomic E-state index is 14.4. The molecule has 3 atom stereocenters. The lowest BCUT2D eigenvalue weighted by molar-refractivity contribution is -0.197. The number of hydrogen-bond donors (Lipinski definition) is 2. The molecule has 1 fully saturated rings. The van der Waals surface area contributed by atoms with E-state index in [0.717, 1.165) is 0 Å². The summed E-state index contributed by atoms with van der Waals surface area (Å²) in [6.07, 6.45) is 0.785. The highest BCUT2D eigenvalue weighted by atomic mass is 16.6. The van der Waals surface area contributed by atoms with Crippen LogP contribution in [0, 0.1) is 5.92 Å². The van der Waals surface area contributed by atoms with Crippen molar-refractivity contribution in [3.8, 4) is 0 Å². The highest BCUT2D eigenvalue weighted by molar-refractivity contribution is 6.09. The van der Waals surface area contributed by atoms with Crippen molar-refractivity contribution >= 4 is 28.9 Å². The average Bonchev–Trinajstić information content (AvgIpc) is 3.15. The summed E-state index contributed by atoms with van der Waals surface area (Å²) < 4.78 is 17.6. The van der Waals surface area contributed by atoms with E-state index in [1.165, 1.54) is 11.0 Å². The zero-order valence-electron chi connectivity index (χ0n) is 25.0. The summed E-state index contributed by atoms with van der Waals surface area (Å²) in [5, 5.41) is 13.2. The number of ether oxygens (including phenoxy) is 3. The number of benzene rings is 1. The molecule has 0 spiro atoms. The van der Waals surface area contributed by atoms with Gasteiger partial charge in [-0.25, -0.2) is 4.79 Å². The second-order valence-corrected chi connectivity index (χ2v) is 13.8. The molecule has 1 aromatic heterocycles. The molecule has 40 heavy (non-hydrogen) atoms. The summed E-state index contributed by atoms with van der Waals surface area (Å²) >= 11 is 0. The predicted octanol–water partition coefficient (Wildman–Crippen LogP) is 5.32. The minimum Gasteiger partial charge on any atom is -0.459 e. The van der Waals surface area contributed by atoms with E-state index in [1.807, 2.05) is 24.3 Å². The highest BCUT2D eigenvalue weighted by Gasteiger charge is 2.72. The lowest BCUT2D eigenvalue weighted by Gasteiger charge is -2.57. The van der Waals surface area contributed by atoms with Gasteiger partial charge in [-0.3, -0.25) is 14.5 Å². The molecule has 2 aliphatic rings. The van der Waals surface area contributed by atoms with E-state index in [4.69, 9.17) is 14.2 Å². The van der Waals surface area contributed by atoms with Crippen LogP contribution in [0.1, 0.15) is 86.0 Å². The molecule has 9 nitrogen and oxygen atoms in total. The monoisotopic (exact) mass is 554 g/mol. The molecule has 2 N–H and O–H groups in total. The first kappa shape index (κ1) is 29.6. The van der Waals surface area contributed by atoms with Gasteiger partial charge in [0.05, 0.1) is 11.7 Å². The van der Waals surface area contributed by atoms with E-state index in [-0.39, 0.29) is 18.7 Å². The fraction of sp³-hybridized carbons (Fsp3) is 0.581. The molecule has 2 bridgehead atoms. The Morgan fingerprint density at radius 3 is 1.98 bits per heavy atom. The predicted molar refractivity (Wildman–Crippen MR) is 151 cm³/mol. The maximum atomic E-state index is 14.4. The number of nitrogens with zero attached hydrogens (tertiary/aromatic N) is 1. The largest absolute Gasteiger partial charge is 0.459 e. The van der Waals surface area contributed by atoms with Crippen molar-refractivity contribution in [1.82, 2.24) is 9.88 Å². The van der Waals surface area contributed by atoms with Crippen LogP contribution in [0.5, 0.6) is 0 Å². The van der Waals surface area contributed by atoms with Crippen molar-refractivity contribution in [2.75, 3.05) is 6.54 Å². The number of rotatable bonds is 3. The second-order valence-electron chi connectivity index (χ2n) is 13.8. The van der Waals surface area contributed by atoms with Crippen LogP contribution >= 0.6 is 0 Å². The van der Waals surface area contributed by atoms with Gasteiger partial charge in [0.2, 0.25) is 5.41 Å². The Hall–Kier alpha value is -3.33. The molecule has 1 aliphatic heterocycles. The molecule has 4 rings (SSSR count). The lowest BCUT2D eigenvalue weighted by Crippen LogP contribution is -2.70. The van der Waals surface area contributed by atoms with Gasteiger partial charge in [0, 0.05) is 28.9 Å². The number of H-pyrrole nitrogens is 1. The molecular formula is C31H42N2O7. The quantitative estimate of drug-likeness (QED) is 0.228. The number of esters is 2. The molecule has 1 aromatic carbocycles. The van der Waals surface area contributed by atoms with Gasteiger partial charge in [-0.1, -0.05) is 24.3 Å². The van der Waals surface area contributed by atoms with Gasteiger partial charge < -0.3 is 24.3 Å². The van der Waals surface area contributed by atoms with Gasteiger partial charge in [0.15, 0.2) is 0 Å². The zero-order valence-corrected chi connectivity index (χ0v) is 25.0. The number of nitrogens with one attached hydrogen (secondary N) is 1. The van der Waals surface area contributed by atoms with Crippen molar-refractivity contribution in [2.45, 2.75) is 103 Å². The van der Waals surface area contributed by atoms with Gasteiger partial charge in [0.1, 0.15) is 22.4 Å². The first-order valence-corrected chi connectivity index (χ1v) is 13.7. The first-order chi connectivity index (χ1) is 18.3. The number of carbonyl (C=O) groups excluding carboxylic acids is 3. The number of aliphatic hydroxyl groups is 1. The van der Waals surface area contributed by atoms with E-state index in [1.54, 1.807) is 62.3 Å². The van der Waals surface area contributed by atoms with E-state index in [2.05, 4.69) is 11.6 Å². The Morgan fingerprint density at radius 2 is 1.48 bits per heavy atom. The van der Waals surface area contributed by atoms with Gasteiger partial charge >= 0.3 is 18.0 Å². The summed E-state index contributed by atoms with van der Waals surface area (Å²) in [5.74, 6) is -2.74. The van der Waals surface area contributed by atoms with Crippen LogP contribution in [-0.4, -0.2) is 62.0 Å². The Morgan fingerprint density at radius 1 is 0.950 bits per heavy atom. The second kappa shape index (κ2) is 9.36. The lowest BCUT2D eigenvalue weighted by atomic mass is 9.54. The molecule has 9 heteroatoms. The van der Waals surface area contributed by atoms with Crippen molar-refractivity contribution < 1.29 is 33.7 Å². The average molecular weight is 555 g/mol. The summed E-state index contributed by atoms with van der Waals surface area (Å²) in [6, 6.07) is 6.29. The Kier molecular flexibility index (Phi) is 6.94. The Bertz CT molecular complexity index is 1330. The van der Waals surface area contributed by atoms with E-state index < -0.39 is 57.8 Å². The minimum absolute atomic E-state index is 0.0750. The van der Waals surface area contributed by atoms with Crippen LogP contribution in [0.2, 0.25) is 0 Å². The fourth-order valence-electron chi connectivity index (χ4n) is 6.01. The first-order valence-electron chi connectivity index (χ1n) is 13.7. The molecule has 3 unspecified atom stereocenters. The molecule has 0 radical (unpaired) electrons. The summed E-state index contributed by atoms with van der Waals surface area (Å²) in [4.78, 5) is 47.2. The SMILES string of the molecule is C=CC1(O)C2c3c([nH]c4ccccc34)C(C(=O)OC(C)(C)C)(C(=O)OC(C)(C)C)C1CCN2C(=O)OC(C)(C)C. The summed E-state index contributed by atoms with van der Waals surface area (Å²) in [7, 11) is 0. The van der Waals surface area contributed by atoms with Crippen molar-refractivity contribution in [3.05, 3.63) is 48.2 Å². The molecule has 1 aliphatic carbocycles. The Labute approximate surface area is 235 Å². The summed E-state index contributed by atoms with van der Waals surface area (Å²) in [5.41, 5.74) is -5.36. The van der Waals surface area contributed by atoms with Crippen LogP contribution in [0.4, 0.5) is 4.79 Å². The molecule has 0 saturated carbocycles. The van der Waals surface area contributed by atoms with E-state index >= 15 is 0 Å². The van der Waals surface area contributed by atoms with Gasteiger partial charge in [0.25, 0.3) is 0 Å². The fourth-order valence-corrected chi connectivity index (χ4v) is 6.01. The third kappa shape index (κ3) is 4.78. The number of carbonyl (C=O) groups is 3. The van der Waals surface area contributed by atoms with Gasteiger partial charge in [-0.2, -0.15) is 0 Å². The number of fused-ring (bicyclic) bond motifs is 6. The zero-order chi connectivity index (χ0) is 30.1. The van der Waals surface area contributed by atoms with E-state index in [9.17, 15) is 19.5 Å². The van der Waals surface area contributed by atoms with Gasteiger partial charge in [-0.05, 0) is 74.8 Å². The molecule has 1 amide bonds. The number of piperidine rings is 1. The van der Waals surface area contributed by atoms with Crippen molar-refractivity contribution in [1.29, 1.82) is 0 Å². The van der Waals surface area contributed by atoms with E-state index in [0.29, 0.717) is 16.5 Å². The Balaban J connectivity index is 2.11. The van der Waals surface area contributed by atoms with Crippen LogP contribution in [0.25, 0.3) is 10.9 Å². The maximum Gasteiger partial charge on any atom is 0.410 e. The third-order valence-corrected chi connectivity index (χ3v) is 7.30. The smallest absolute Gasteiger partial charge is 0.410 e. The molecule has 218 valence electrons. The molecule has 2 heterocycles. The topological polar surface area (TPSA) is 118 Å². The highest BCUT2D eigenvalue weighted by Crippen LogP contribution is 2.60. The molecule has 1 saturated heterocycles. The van der Waals surface area contributed by atoms with Crippen molar-refractivity contribution in [3.63, 3.8) is 0 Å². The molecule has 2 aromatic rings. The summed E-state index contributed by atoms with van der Waals surface area (Å²) in [6.45, 7) is 19.7. The number of para-hydroxylation sites is 1. The van der Waals surface area contributed by atoms with Crippen molar-refractivity contribution in [2.24, 2.45) is 5.92 Å². The molecular weight excluding hydrogens is 512 g/mol. The number of aromatic amines is 1. The number of amides is 1. The minimum atomic E-state index is -2.08. The standard InChI is InChI=1S/C31H42N2O7/c1-11-30(37)20-16-17-33(26(36)40-29(8,9)10)23(30)21-18-14-12-13-15-19(18)32-22(21)31(20,24(34)38-27(2,3)4)25(35)39-28(5,6)7/h11-15,20,23,32,37H,1,16-17H2,2-10H3. The number of likely N-dealkylation sites (tertiary alicyclic amines) is 1. The number of aromatic nitrogens is 1.